The number of rotatable bonds is 12. The molecule has 1 aromatic heterocycles. The molecule has 2 aromatic rings. The minimum Gasteiger partial charge on any atom is -0.466 e. The Morgan fingerprint density at radius 2 is 2.07 bits per heavy atom. The van der Waals surface area contributed by atoms with Crippen molar-refractivity contribution >= 4 is 28.7 Å². The third-order valence-corrected chi connectivity index (χ3v) is 5.01. The molecule has 2 rings (SSSR count). The van der Waals surface area contributed by atoms with Crippen LogP contribution in [0, 0.1) is 0 Å². The maximum absolute atomic E-state index is 11.5. The number of esters is 1. The van der Waals surface area contributed by atoms with Crippen molar-refractivity contribution in [2.75, 3.05) is 25.1 Å². The molecule has 0 radical (unpaired) electrons. The van der Waals surface area contributed by atoms with Crippen molar-refractivity contribution in [1.29, 1.82) is 0 Å². The Hall–Kier alpha value is -2.25. The van der Waals surface area contributed by atoms with Crippen molar-refractivity contribution in [3.63, 3.8) is 0 Å². The highest BCUT2D eigenvalue weighted by atomic mass is 32.1. The van der Waals surface area contributed by atoms with E-state index in [4.69, 9.17) is 4.74 Å². The summed E-state index contributed by atoms with van der Waals surface area (Å²) in [7, 11) is 0. The molecule has 0 aliphatic heterocycles. The van der Waals surface area contributed by atoms with Gasteiger partial charge in [0.2, 0.25) is 5.13 Å². The molecule has 0 unspecified atom stereocenters. The highest BCUT2D eigenvalue weighted by Crippen LogP contribution is 2.16. The van der Waals surface area contributed by atoms with Gasteiger partial charge >= 0.3 is 5.97 Å². The lowest BCUT2D eigenvalue weighted by molar-refractivity contribution is -0.142. The SMILES string of the molecule is CCCCN(CC)Cc1ccc(C=NNc2nc(CC(=O)OCC)cs2)cc1. The average molecular weight is 403 g/mol. The Morgan fingerprint density at radius 1 is 1.29 bits per heavy atom. The van der Waals surface area contributed by atoms with E-state index in [0.29, 0.717) is 17.4 Å². The fourth-order valence-electron chi connectivity index (χ4n) is 2.66. The van der Waals surface area contributed by atoms with E-state index < -0.39 is 0 Å². The number of benzene rings is 1. The van der Waals surface area contributed by atoms with Crippen LogP contribution in [0.25, 0.3) is 0 Å². The van der Waals surface area contributed by atoms with Crippen molar-refractivity contribution in [2.45, 2.75) is 46.6 Å². The first kappa shape index (κ1) is 22.0. The maximum atomic E-state index is 11.5. The number of hydrogen-bond acceptors (Lipinski definition) is 7. The van der Waals surface area contributed by atoms with Gasteiger partial charge in [-0.15, -0.1) is 11.3 Å². The van der Waals surface area contributed by atoms with Crippen molar-refractivity contribution in [3.05, 3.63) is 46.5 Å². The van der Waals surface area contributed by atoms with Crippen molar-refractivity contribution in [2.24, 2.45) is 5.10 Å². The molecular weight excluding hydrogens is 372 g/mol. The summed E-state index contributed by atoms with van der Waals surface area (Å²) in [6, 6.07) is 8.44. The number of aromatic nitrogens is 1. The van der Waals surface area contributed by atoms with Gasteiger partial charge in [0, 0.05) is 11.9 Å². The Bertz CT molecular complexity index is 743. The quantitative estimate of drug-likeness (QED) is 0.325. The molecule has 0 saturated carbocycles. The zero-order valence-corrected chi connectivity index (χ0v) is 17.8. The Morgan fingerprint density at radius 3 is 2.75 bits per heavy atom. The molecule has 1 heterocycles. The van der Waals surface area contributed by atoms with E-state index >= 15 is 0 Å². The van der Waals surface area contributed by atoms with E-state index in [2.05, 4.69) is 58.5 Å². The van der Waals surface area contributed by atoms with Crippen LogP contribution in [0.3, 0.4) is 0 Å². The lowest BCUT2D eigenvalue weighted by Gasteiger charge is -2.20. The Labute approximate surface area is 171 Å². The largest absolute Gasteiger partial charge is 0.466 e. The zero-order chi connectivity index (χ0) is 20.2. The minimum absolute atomic E-state index is 0.185. The van der Waals surface area contributed by atoms with Gasteiger partial charge in [0.05, 0.1) is 24.9 Å². The van der Waals surface area contributed by atoms with Crippen LogP contribution < -0.4 is 5.43 Å². The predicted octanol–water partition coefficient (Wildman–Crippen LogP) is 4.32. The third kappa shape index (κ3) is 7.78. The summed E-state index contributed by atoms with van der Waals surface area (Å²) >= 11 is 1.41. The second kappa shape index (κ2) is 12.3. The Balaban J connectivity index is 1.82. The molecule has 0 amide bonds. The number of carbonyl (C=O) groups is 1. The molecule has 7 heteroatoms. The number of unbranched alkanes of at least 4 members (excludes halogenated alkanes) is 1. The normalized spacial score (nSPS) is 11.3. The van der Waals surface area contributed by atoms with Gasteiger partial charge in [-0.1, -0.05) is 44.5 Å². The van der Waals surface area contributed by atoms with Gasteiger partial charge in [-0.05, 0) is 37.6 Å². The molecule has 152 valence electrons. The highest BCUT2D eigenvalue weighted by molar-refractivity contribution is 7.13. The summed E-state index contributed by atoms with van der Waals surface area (Å²) in [4.78, 5) is 18.3. The molecule has 0 atom stereocenters. The maximum Gasteiger partial charge on any atom is 0.311 e. The summed E-state index contributed by atoms with van der Waals surface area (Å²) in [6.45, 7) is 9.80. The highest BCUT2D eigenvalue weighted by Gasteiger charge is 2.08. The number of nitrogens with one attached hydrogen (secondary N) is 1. The molecular formula is C21H30N4O2S. The van der Waals surface area contributed by atoms with Crippen LogP contribution >= 0.6 is 11.3 Å². The number of ether oxygens (including phenoxy) is 1. The van der Waals surface area contributed by atoms with Crippen LogP contribution in [-0.4, -0.2) is 41.8 Å². The van der Waals surface area contributed by atoms with Crippen molar-refractivity contribution in [3.8, 4) is 0 Å². The Kier molecular flexibility index (Phi) is 9.65. The second-order valence-corrected chi connectivity index (χ2v) is 7.32. The fraction of sp³-hybridized carbons (Fsp3) is 0.476. The topological polar surface area (TPSA) is 66.8 Å². The lowest BCUT2D eigenvalue weighted by atomic mass is 10.1. The smallest absolute Gasteiger partial charge is 0.311 e. The number of anilines is 1. The average Bonchev–Trinajstić information content (AvgIpc) is 3.13. The molecule has 0 aliphatic carbocycles. The summed E-state index contributed by atoms with van der Waals surface area (Å²) in [5.74, 6) is -0.265. The number of carbonyl (C=O) groups excluding carboxylic acids is 1. The van der Waals surface area contributed by atoms with Gasteiger partial charge in [0.25, 0.3) is 0 Å². The van der Waals surface area contributed by atoms with Gasteiger partial charge in [-0.25, -0.2) is 4.98 Å². The summed E-state index contributed by atoms with van der Waals surface area (Å²) in [6.07, 6.45) is 4.42. The van der Waals surface area contributed by atoms with Crippen LogP contribution in [0.15, 0.2) is 34.7 Å². The predicted molar refractivity (Wildman–Crippen MR) is 116 cm³/mol. The summed E-state index contributed by atoms with van der Waals surface area (Å²) < 4.78 is 4.93. The van der Waals surface area contributed by atoms with Crippen LogP contribution in [-0.2, 0) is 22.5 Å². The van der Waals surface area contributed by atoms with Gasteiger partial charge in [0.15, 0.2) is 0 Å². The van der Waals surface area contributed by atoms with E-state index in [-0.39, 0.29) is 12.4 Å². The molecule has 0 bridgehead atoms. The fourth-order valence-corrected chi connectivity index (χ4v) is 3.32. The summed E-state index contributed by atoms with van der Waals surface area (Å²) in [5.41, 5.74) is 5.94. The molecule has 0 spiro atoms. The molecule has 1 N–H and O–H groups in total. The van der Waals surface area contributed by atoms with E-state index in [1.807, 2.05) is 5.38 Å². The van der Waals surface area contributed by atoms with Gasteiger partial charge in [-0.2, -0.15) is 5.10 Å². The molecule has 6 nitrogen and oxygen atoms in total. The molecule has 0 saturated heterocycles. The van der Waals surface area contributed by atoms with Crippen LogP contribution in [0.2, 0.25) is 0 Å². The number of hydrazone groups is 1. The molecule has 28 heavy (non-hydrogen) atoms. The third-order valence-electron chi connectivity index (χ3n) is 4.22. The van der Waals surface area contributed by atoms with E-state index in [1.165, 1.54) is 29.7 Å². The molecule has 1 aromatic carbocycles. The van der Waals surface area contributed by atoms with Crippen LogP contribution in [0.1, 0.15) is 50.4 Å². The van der Waals surface area contributed by atoms with Gasteiger partial charge < -0.3 is 4.74 Å². The van der Waals surface area contributed by atoms with Crippen LogP contribution in [0.5, 0.6) is 0 Å². The summed E-state index contributed by atoms with van der Waals surface area (Å²) in [5, 5.41) is 6.72. The lowest BCUT2D eigenvalue weighted by Crippen LogP contribution is -2.23. The van der Waals surface area contributed by atoms with Gasteiger partial charge in [0.1, 0.15) is 0 Å². The van der Waals surface area contributed by atoms with E-state index in [0.717, 1.165) is 25.2 Å². The number of nitrogens with zero attached hydrogens (tertiary/aromatic N) is 3. The first-order valence-electron chi connectivity index (χ1n) is 9.85. The van der Waals surface area contributed by atoms with E-state index in [9.17, 15) is 4.79 Å². The molecule has 0 fully saturated rings. The van der Waals surface area contributed by atoms with Gasteiger partial charge in [-0.3, -0.25) is 15.1 Å². The zero-order valence-electron chi connectivity index (χ0n) is 17.0. The first-order chi connectivity index (χ1) is 13.6. The van der Waals surface area contributed by atoms with Crippen molar-refractivity contribution < 1.29 is 9.53 Å². The monoisotopic (exact) mass is 402 g/mol. The second-order valence-electron chi connectivity index (χ2n) is 6.46. The molecule has 0 aliphatic rings. The van der Waals surface area contributed by atoms with Crippen LogP contribution in [0.4, 0.5) is 5.13 Å². The van der Waals surface area contributed by atoms with Crippen molar-refractivity contribution in [1.82, 2.24) is 9.88 Å². The standard InChI is InChI=1S/C21H30N4O2S/c1-4-7-12-25(5-2)15-18-10-8-17(9-11-18)14-22-24-21-23-19(16-28-21)13-20(26)27-6-3/h8-11,14,16H,4-7,12-13,15H2,1-3H3,(H,23,24). The first-order valence-corrected chi connectivity index (χ1v) is 10.7. The van der Waals surface area contributed by atoms with E-state index in [1.54, 1.807) is 13.1 Å². The number of thiazole rings is 1. The minimum atomic E-state index is -0.265. The number of hydrogen-bond donors (Lipinski definition) is 1.